The number of nitrogens with one attached hydrogen (secondary N) is 1. The van der Waals surface area contributed by atoms with E-state index in [4.69, 9.17) is 10.5 Å². The number of ether oxygens (including phenoxy) is 1. The Bertz CT molecular complexity index is 158. The van der Waals surface area contributed by atoms with Gasteiger partial charge in [0, 0.05) is 19.7 Å². The van der Waals surface area contributed by atoms with Crippen molar-refractivity contribution in [1.82, 2.24) is 5.32 Å². The van der Waals surface area contributed by atoms with Crippen LogP contribution in [0.25, 0.3) is 0 Å². The summed E-state index contributed by atoms with van der Waals surface area (Å²) in [5.41, 5.74) is 5.39. The summed E-state index contributed by atoms with van der Waals surface area (Å²) in [5.74, 6) is -0.102. The lowest BCUT2D eigenvalue weighted by molar-refractivity contribution is -0.131. The first kappa shape index (κ1) is 13.4. The maximum atomic E-state index is 11.5. The summed E-state index contributed by atoms with van der Waals surface area (Å²) >= 11 is 0. The normalized spacial score (nSPS) is 14.9. The number of methoxy groups -OCH3 is 1. The van der Waals surface area contributed by atoms with Gasteiger partial charge >= 0.3 is 0 Å². The second-order valence-corrected chi connectivity index (χ2v) is 3.36. The molecule has 0 aromatic carbocycles. The molecule has 0 aliphatic rings. The third-order valence-corrected chi connectivity index (χ3v) is 2.27. The fourth-order valence-corrected chi connectivity index (χ4v) is 1.33. The van der Waals surface area contributed by atoms with Gasteiger partial charge in [0.15, 0.2) is 0 Å². The number of carbonyl (C=O) groups is 1. The Labute approximate surface area is 86.2 Å². The molecule has 0 saturated carbocycles. The number of rotatable bonds is 7. The van der Waals surface area contributed by atoms with Gasteiger partial charge in [0.25, 0.3) is 5.91 Å². The summed E-state index contributed by atoms with van der Waals surface area (Å²) in [6, 6.07) is 0.247. The summed E-state index contributed by atoms with van der Waals surface area (Å²) < 4.78 is 4.95. The van der Waals surface area contributed by atoms with Crippen molar-refractivity contribution in [3.05, 3.63) is 0 Å². The Hall–Kier alpha value is -0.610. The molecule has 0 heterocycles. The molecule has 0 rings (SSSR count). The molecule has 1 amide bonds. The second-order valence-electron chi connectivity index (χ2n) is 3.36. The Morgan fingerprint density at radius 2 is 2.14 bits per heavy atom. The van der Waals surface area contributed by atoms with E-state index < -0.39 is 6.10 Å². The van der Waals surface area contributed by atoms with Crippen LogP contribution in [0.3, 0.4) is 0 Å². The van der Waals surface area contributed by atoms with Crippen LogP contribution in [0.5, 0.6) is 0 Å². The average molecular weight is 202 g/mol. The van der Waals surface area contributed by atoms with Crippen molar-refractivity contribution < 1.29 is 9.53 Å². The molecule has 0 spiro atoms. The minimum atomic E-state index is -0.513. The van der Waals surface area contributed by atoms with Crippen LogP contribution in [0.15, 0.2) is 0 Å². The second kappa shape index (κ2) is 7.76. The van der Waals surface area contributed by atoms with Crippen molar-refractivity contribution >= 4 is 5.91 Å². The van der Waals surface area contributed by atoms with Crippen molar-refractivity contribution in [2.75, 3.05) is 13.7 Å². The van der Waals surface area contributed by atoms with E-state index in [1.807, 2.05) is 0 Å². The van der Waals surface area contributed by atoms with Gasteiger partial charge in [0.1, 0.15) is 6.10 Å². The predicted molar refractivity (Wildman–Crippen MR) is 57.0 cm³/mol. The lowest BCUT2D eigenvalue weighted by Gasteiger charge is -2.19. The SMILES string of the molecule is CCCC(CC)NC(=O)C(CN)OC. The standard InChI is InChI=1S/C10H22N2O2/c1-4-6-8(5-2)12-10(13)9(7-11)14-3/h8-9H,4-7,11H2,1-3H3,(H,12,13). The number of hydrogen-bond donors (Lipinski definition) is 2. The largest absolute Gasteiger partial charge is 0.370 e. The topological polar surface area (TPSA) is 64.4 Å². The molecule has 0 fully saturated rings. The summed E-state index contributed by atoms with van der Waals surface area (Å²) in [5, 5.41) is 2.93. The van der Waals surface area contributed by atoms with Crippen molar-refractivity contribution in [2.45, 2.75) is 45.3 Å². The van der Waals surface area contributed by atoms with Crippen LogP contribution in [0, 0.1) is 0 Å². The molecular formula is C10H22N2O2. The maximum Gasteiger partial charge on any atom is 0.250 e. The van der Waals surface area contributed by atoms with Crippen LogP contribution in [0.1, 0.15) is 33.1 Å². The van der Waals surface area contributed by atoms with E-state index in [0.717, 1.165) is 19.3 Å². The summed E-state index contributed by atoms with van der Waals surface area (Å²) in [4.78, 5) is 11.5. The van der Waals surface area contributed by atoms with E-state index in [0.29, 0.717) is 0 Å². The van der Waals surface area contributed by atoms with Gasteiger partial charge in [-0.2, -0.15) is 0 Å². The third kappa shape index (κ3) is 4.58. The molecule has 3 N–H and O–H groups in total. The van der Waals surface area contributed by atoms with Gasteiger partial charge in [0.2, 0.25) is 0 Å². The van der Waals surface area contributed by atoms with Gasteiger partial charge in [-0.05, 0) is 12.8 Å². The minimum absolute atomic E-state index is 0.102. The Morgan fingerprint density at radius 1 is 1.50 bits per heavy atom. The first-order valence-electron chi connectivity index (χ1n) is 5.22. The lowest BCUT2D eigenvalue weighted by Crippen LogP contribution is -2.45. The molecule has 4 heteroatoms. The fraction of sp³-hybridized carbons (Fsp3) is 0.900. The molecule has 0 aromatic heterocycles. The summed E-state index contributed by atoms with van der Waals surface area (Å²) in [7, 11) is 1.50. The maximum absolute atomic E-state index is 11.5. The summed E-state index contributed by atoms with van der Waals surface area (Å²) in [6.07, 6.45) is 2.50. The zero-order valence-electron chi connectivity index (χ0n) is 9.38. The van der Waals surface area contributed by atoms with Gasteiger partial charge in [-0.3, -0.25) is 4.79 Å². The molecule has 0 aromatic rings. The van der Waals surface area contributed by atoms with Gasteiger partial charge in [0.05, 0.1) is 0 Å². The van der Waals surface area contributed by atoms with Crippen molar-refractivity contribution in [3.63, 3.8) is 0 Å². The quantitative estimate of drug-likeness (QED) is 0.637. The van der Waals surface area contributed by atoms with Crippen LogP contribution in [0.4, 0.5) is 0 Å². The highest BCUT2D eigenvalue weighted by Crippen LogP contribution is 2.01. The highest BCUT2D eigenvalue weighted by atomic mass is 16.5. The highest BCUT2D eigenvalue weighted by Gasteiger charge is 2.18. The summed E-state index contributed by atoms with van der Waals surface area (Å²) in [6.45, 7) is 4.39. The molecule has 14 heavy (non-hydrogen) atoms. The van der Waals surface area contributed by atoms with Crippen LogP contribution in [-0.4, -0.2) is 31.7 Å². The molecule has 0 saturated heterocycles. The average Bonchev–Trinajstić information content (AvgIpc) is 2.19. The molecule has 0 aliphatic carbocycles. The van der Waals surface area contributed by atoms with Crippen LogP contribution >= 0.6 is 0 Å². The van der Waals surface area contributed by atoms with E-state index in [-0.39, 0.29) is 18.5 Å². The zero-order valence-corrected chi connectivity index (χ0v) is 9.38. The first-order valence-corrected chi connectivity index (χ1v) is 5.22. The van der Waals surface area contributed by atoms with Gasteiger partial charge in [-0.1, -0.05) is 20.3 Å². The number of hydrogen-bond acceptors (Lipinski definition) is 3. The molecule has 2 unspecified atom stereocenters. The minimum Gasteiger partial charge on any atom is -0.370 e. The third-order valence-electron chi connectivity index (χ3n) is 2.27. The van der Waals surface area contributed by atoms with E-state index in [1.54, 1.807) is 0 Å². The van der Waals surface area contributed by atoms with Crippen molar-refractivity contribution in [3.8, 4) is 0 Å². The lowest BCUT2D eigenvalue weighted by atomic mass is 10.1. The molecular weight excluding hydrogens is 180 g/mol. The molecule has 0 radical (unpaired) electrons. The van der Waals surface area contributed by atoms with Crippen LogP contribution < -0.4 is 11.1 Å². The highest BCUT2D eigenvalue weighted by molar-refractivity contribution is 5.81. The number of nitrogens with two attached hydrogens (primary N) is 1. The van der Waals surface area contributed by atoms with Crippen LogP contribution in [0.2, 0.25) is 0 Å². The molecule has 4 nitrogen and oxygen atoms in total. The van der Waals surface area contributed by atoms with Crippen molar-refractivity contribution in [2.24, 2.45) is 5.73 Å². The smallest absolute Gasteiger partial charge is 0.250 e. The van der Waals surface area contributed by atoms with Crippen LogP contribution in [-0.2, 0) is 9.53 Å². The van der Waals surface area contributed by atoms with Crippen molar-refractivity contribution in [1.29, 1.82) is 0 Å². The van der Waals surface area contributed by atoms with E-state index >= 15 is 0 Å². The van der Waals surface area contributed by atoms with Gasteiger partial charge in [-0.25, -0.2) is 0 Å². The van der Waals surface area contributed by atoms with Gasteiger partial charge < -0.3 is 15.8 Å². The molecule has 84 valence electrons. The molecule has 0 aliphatic heterocycles. The predicted octanol–water partition coefficient (Wildman–Crippen LogP) is 0.655. The monoisotopic (exact) mass is 202 g/mol. The first-order chi connectivity index (χ1) is 6.69. The number of amides is 1. The van der Waals surface area contributed by atoms with Gasteiger partial charge in [-0.15, -0.1) is 0 Å². The Kier molecular flexibility index (Phi) is 7.42. The molecule has 0 bridgehead atoms. The van der Waals surface area contributed by atoms with E-state index in [2.05, 4.69) is 19.2 Å². The van der Waals surface area contributed by atoms with E-state index in [9.17, 15) is 4.79 Å². The zero-order chi connectivity index (χ0) is 11.0. The fourth-order valence-electron chi connectivity index (χ4n) is 1.33. The van der Waals surface area contributed by atoms with E-state index in [1.165, 1.54) is 7.11 Å². The Morgan fingerprint density at radius 3 is 2.50 bits per heavy atom. The Balaban J connectivity index is 3.99. The number of carbonyl (C=O) groups excluding carboxylic acids is 1. The molecule has 2 atom stereocenters.